The number of nitrogens with zero attached hydrogens (tertiary/aromatic N) is 3. The van der Waals surface area contributed by atoms with E-state index in [1.165, 1.54) is 0 Å². The molecule has 0 aromatic carbocycles. The number of guanidine groups is 2. The highest BCUT2D eigenvalue weighted by Gasteiger charge is 2.24. The van der Waals surface area contributed by atoms with Gasteiger partial charge in [-0.05, 0) is 32.1 Å². The largest absolute Gasteiger partial charge is 0.464 e. The minimum atomic E-state index is -3.09. The van der Waals surface area contributed by atoms with E-state index in [9.17, 15) is 14.4 Å². The van der Waals surface area contributed by atoms with Gasteiger partial charge in [0.1, 0.15) is 6.54 Å². The quantitative estimate of drug-likeness (QED) is 0.213. The molecular weight excluding hydrogens is 392 g/mol. The molecule has 2 amide bonds. The van der Waals surface area contributed by atoms with Gasteiger partial charge in [-0.1, -0.05) is 31.4 Å². The molecule has 0 aromatic heterocycles. The number of hydrogen-bond acceptors (Lipinski definition) is 5. The van der Waals surface area contributed by atoms with Gasteiger partial charge >= 0.3 is 12.1 Å². The SMILES string of the molecule is [2H]C([2H])([2H])N(C(=N)N)N1CC(=O)OCCC/C=C\CCCCCCCC(=O)N/C1=N\C(=O)O. The summed E-state index contributed by atoms with van der Waals surface area (Å²) in [6, 6.07) is 0. The Morgan fingerprint density at radius 2 is 1.93 bits per heavy atom. The Kier molecular flexibility index (Phi) is 9.39. The highest BCUT2D eigenvalue weighted by atomic mass is 16.5. The molecule has 0 atom stereocenters. The van der Waals surface area contributed by atoms with Crippen LogP contribution in [-0.4, -0.2) is 65.1 Å². The van der Waals surface area contributed by atoms with Crippen molar-refractivity contribution >= 4 is 29.9 Å². The van der Waals surface area contributed by atoms with E-state index >= 15 is 0 Å². The average Bonchev–Trinajstić information content (AvgIpc) is 2.68. The number of aliphatic imine (C=N–C) groups is 1. The Labute approximate surface area is 180 Å². The number of carbonyl (C=O) groups excluding carboxylic acids is 2. The first-order valence-corrected chi connectivity index (χ1v) is 9.86. The van der Waals surface area contributed by atoms with Crippen LogP contribution in [0.25, 0.3) is 0 Å². The van der Waals surface area contributed by atoms with Gasteiger partial charge in [-0.25, -0.2) is 9.80 Å². The number of hydrazine groups is 1. The van der Waals surface area contributed by atoms with Crippen LogP contribution in [0.4, 0.5) is 4.79 Å². The summed E-state index contributed by atoms with van der Waals surface area (Å²) >= 11 is 0. The van der Waals surface area contributed by atoms with Crippen molar-refractivity contribution in [3.63, 3.8) is 0 Å². The Morgan fingerprint density at radius 1 is 1.27 bits per heavy atom. The molecule has 0 aromatic rings. The van der Waals surface area contributed by atoms with Crippen LogP contribution in [0, 0.1) is 5.41 Å². The van der Waals surface area contributed by atoms with Gasteiger partial charge in [0.15, 0.2) is 0 Å². The lowest BCUT2D eigenvalue weighted by Gasteiger charge is -2.33. The molecule has 0 fully saturated rings. The Bertz CT molecular complexity index is 757. The van der Waals surface area contributed by atoms with Crippen molar-refractivity contribution in [3.05, 3.63) is 12.2 Å². The van der Waals surface area contributed by atoms with Crippen LogP contribution in [0.2, 0.25) is 0 Å². The van der Waals surface area contributed by atoms with Gasteiger partial charge in [-0.2, -0.15) is 0 Å². The number of carbonyl (C=O) groups is 3. The van der Waals surface area contributed by atoms with Crippen molar-refractivity contribution in [1.29, 1.82) is 5.41 Å². The van der Waals surface area contributed by atoms with Gasteiger partial charge in [0.2, 0.25) is 17.8 Å². The number of hydrogen-bond donors (Lipinski definition) is 4. The lowest BCUT2D eigenvalue weighted by Crippen LogP contribution is -2.57. The lowest BCUT2D eigenvalue weighted by atomic mass is 10.1. The van der Waals surface area contributed by atoms with Gasteiger partial charge in [0.25, 0.3) is 0 Å². The molecule has 1 aliphatic heterocycles. The normalized spacial score (nSPS) is 22.7. The fraction of sp³-hybridized carbons (Fsp3) is 0.632. The van der Waals surface area contributed by atoms with Crippen LogP contribution < -0.4 is 11.1 Å². The van der Waals surface area contributed by atoms with Crippen molar-refractivity contribution < 1.29 is 28.3 Å². The third kappa shape index (κ3) is 10.4. The molecular formula is C19H32N6O5. The van der Waals surface area contributed by atoms with Gasteiger partial charge in [-0.3, -0.25) is 25.3 Å². The second kappa shape index (κ2) is 14.0. The predicted molar refractivity (Wildman–Crippen MR) is 112 cm³/mol. The van der Waals surface area contributed by atoms with Gasteiger partial charge in [0, 0.05) is 17.5 Å². The van der Waals surface area contributed by atoms with E-state index in [1.807, 2.05) is 6.08 Å². The van der Waals surface area contributed by atoms with Gasteiger partial charge in [-0.15, -0.1) is 4.99 Å². The van der Waals surface area contributed by atoms with Gasteiger partial charge < -0.3 is 15.6 Å². The molecule has 0 saturated carbocycles. The molecule has 168 valence electrons. The van der Waals surface area contributed by atoms with Crippen molar-refractivity contribution in [2.24, 2.45) is 10.7 Å². The van der Waals surface area contributed by atoms with Crippen LogP contribution in [0.15, 0.2) is 17.1 Å². The molecule has 0 bridgehead atoms. The van der Waals surface area contributed by atoms with E-state index in [1.54, 1.807) is 0 Å². The number of rotatable bonds is 1. The number of allylic oxidation sites excluding steroid dienone is 2. The Hall–Kier alpha value is -3.11. The van der Waals surface area contributed by atoms with E-state index in [-0.39, 0.29) is 18.0 Å². The van der Waals surface area contributed by atoms with E-state index < -0.39 is 43.4 Å². The molecule has 11 nitrogen and oxygen atoms in total. The van der Waals surface area contributed by atoms with Crippen LogP contribution in [-0.2, 0) is 14.3 Å². The first kappa shape index (κ1) is 20.2. The summed E-state index contributed by atoms with van der Waals surface area (Å²) in [5.41, 5.74) is 5.41. The first-order valence-electron chi connectivity index (χ1n) is 11.4. The number of carboxylic acid groups (broad SMARTS) is 1. The topological polar surface area (TPSA) is 161 Å². The minimum absolute atomic E-state index is 0.0324. The monoisotopic (exact) mass is 427 g/mol. The van der Waals surface area contributed by atoms with Crippen molar-refractivity contribution in [2.75, 3.05) is 20.1 Å². The summed E-state index contributed by atoms with van der Waals surface area (Å²) in [4.78, 5) is 39.3. The van der Waals surface area contributed by atoms with Crippen LogP contribution in [0.1, 0.15) is 61.9 Å². The molecule has 0 aliphatic carbocycles. The number of cyclic esters (lactones) is 1. The molecule has 1 heterocycles. The summed E-state index contributed by atoms with van der Waals surface area (Å²) in [6.45, 7) is -3.89. The molecule has 0 saturated heterocycles. The molecule has 1 aliphatic rings. The standard InChI is InChI=1S/C19H32N6O5/c1-24(17(20)21)25-14-16(27)30-13-11-9-7-5-3-2-4-6-8-10-12-15(26)22-18(25)23-19(28)29/h5,7H,2-4,6,8-14H2,1H3,(H3,20,21)(H,28,29)(H,22,23,26)/b7-5-/i1D3. The summed E-state index contributed by atoms with van der Waals surface area (Å²) in [5.74, 6) is -3.32. The maximum atomic E-state index is 12.4. The minimum Gasteiger partial charge on any atom is -0.464 e. The van der Waals surface area contributed by atoms with E-state index in [0.717, 1.165) is 32.1 Å². The fourth-order valence-corrected chi connectivity index (χ4v) is 2.67. The fourth-order valence-electron chi connectivity index (χ4n) is 2.67. The van der Waals surface area contributed by atoms with Crippen LogP contribution >= 0.6 is 0 Å². The van der Waals surface area contributed by atoms with E-state index in [2.05, 4.69) is 16.4 Å². The molecule has 11 heteroatoms. The van der Waals surface area contributed by atoms with E-state index in [0.29, 0.717) is 24.3 Å². The zero-order chi connectivity index (χ0) is 24.9. The molecule has 5 N–H and O–H groups in total. The average molecular weight is 428 g/mol. The highest BCUT2D eigenvalue weighted by molar-refractivity contribution is 6.02. The zero-order valence-electron chi connectivity index (χ0n) is 19.9. The molecule has 0 spiro atoms. The second-order valence-corrected chi connectivity index (χ2v) is 6.66. The molecule has 1 rings (SSSR count). The lowest BCUT2D eigenvalue weighted by molar-refractivity contribution is -0.146. The smallest absolute Gasteiger partial charge is 0.434 e. The van der Waals surface area contributed by atoms with E-state index in [4.69, 9.17) is 25.1 Å². The Balaban J connectivity index is 3.22. The highest BCUT2D eigenvalue weighted by Crippen LogP contribution is 2.09. The number of amides is 2. The number of esters is 1. The molecule has 30 heavy (non-hydrogen) atoms. The third-order valence-corrected chi connectivity index (χ3v) is 4.17. The molecule has 0 unspecified atom stereocenters. The number of ether oxygens (including phenoxy) is 1. The second-order valence-electron chi connectivity index (χ2n) is 6.66. The summed E-state index contributed by atoms with van der Waals surface area (Å²) in [5, 5.41) is 19.7. The van der Waals surface area contributed by atoms with Crippen LogP contribution in [0.5, 0.6) is 0 Å². The van der Waals surface area contributed by atoms with Gasteiger partial charge in [0.05, 0.1) is 6.61 Å². The third-order valence-electron chi connectivity index (χ3n) is 4.17. The predicted octanol–water partition coefficient (Wildman–Crippen LogP) is 1.80. The van der Waals surface area contributed by atoms with Crippen LogP contribution in [0.3, 0.4) is 0 Å². The number of nitrogens with two attached hydrogens (primary N) is 1. The summed E-state index contributed by atoms with van der Waals surface area (Å²) < 4.78 is 28.1. The molecule has 0 radical (unpaired) electrons. The summed E-state index contributed by atoms with van der Waals surface area (Å²) in [6.07, 6.45) is 8.80. The maximum Gasteiger partial charge on any atom is 0.434 e. The maximum absolute atomic E-state index is 12.4. The Morgan fingerprint density at radius 3 is 2.60 bits per heavy atom. The summed E-state index contributed by atoms with van der Waals surface area (Å²) in [7, 11) is 0. The van der Waals surface area contributed by atoms with Crippen molar-refractivity contribution in [1.82, 2.24) is 15.3 Å². The number of nitrogens with one attached hydrogen (secondary N) is 2. The van der Waals surface area contributed by atoms with Crippen molar-refractivity contribution in [2.45, 2.75) is 57.8 Å². The zero-order valence-corrected chi connectivity index (χ0v) is 16.9. The van der Waals surface area contributed by atoms with Crippen molar-refractivity contribution in [3.8, 4) is 0 Å². The first-order chi connectivity index (χ1) is 15.5.